The van der Waals surface area contributed by atoms with E-state index in [1.807, 2.05) is 35.2 Å². The molecule has 0 radical (unpaired) electrons. The molecule has 104 valence electrons. The van der Waals surface area contributed by atoms with Gasteiger partial charge in [0.15, 0.2) is 0 Å². The molecular formula is C15H20ClNO2. The van der Waals surface area contributed by atoms with Crippen molar-refractivity contribution < 1.29 is 9.53 Å². The van der Waals surface area contributed by atoms with Crippen LogP contribution >= 0.6 is 11.6 Å². The van der Waals surface area contributed by atoms with E-state index in [4.69, 9.17) is 16.3 Å². The third-order valence-electron chi connectivity index (χ3n) is 3.48. The van der Waals surface area contributed by atoms with E-state index in [1.54, 1.807) is 0 Å². The highest BCUT2D eigenvalue weighted by Gasteiger charge is 2.26. The van der Waals surface area contributed by atoms with E-state index < -0.39 is 0 Å². The van der Waals surface area contributed by atoms with Crippen molar-refractivity contribution in [1.82, 2.24) is 4.90 Å². The topological polar surface area (TPSA) is 29.5 Å². The summed E-state index contributed by atoms with van der Waals surface area (Å²) < 4.78 is 5.54. The first-order chi connectivity index (χ1) is 9.16. The molecule has 0 saturated carbocycles. The lowest BCUT2D eigenvalue weighted by Gasteiger charge is -2.34. The molecule has 1 saturated heterocycles. The molecule has 1 heterocycles. The molecule has 0 spiro atoms. The lowest BCUT2D eigenvalue weighted by Crippen LogP contribution is -2.43. The van der Waals surface area contributed by atoms with E-state index >= 15 is 0 Å². The van der Waals surface area contributed by atoms with Crippen LogP contribution in [0.2, 0.25) is 0 Å². The van der Waals surface area contributed by atoms with Gasteiger partial charge >= 0.3 is 0 Å². The number of benzene rings is 1. The monoisotopic (exact) mass is 281 g/mol. The molecule has 2 unspecified atom stereocenters. The SMILES string of the molecule is CC1CN(C(=O)CCOc2ccccc2)CCC1Cl. The smallest absolute Gasteiger partial charge is 0.226 e. The van der Waals surface area contributed by atoms with Crippen LogP contribution in [0.15, 0.2) is 30.3 Å². The number of carbonyl (C=O) groups excluding carboxylic acids is 1. The van der Waals surface area contributed by atoms with E-state index in [1.165, 1.54) is 0 Å². The number of alkyl halides is 1. The van der Waals surface area contributed by atoms with E-state index in [-0.39, 0.29) is 11.3 Å². The molecule has 4 heteroatoms. The molecule has 0 N–H and O–H groups in total. The highest BCUT2D eigenvalue weighted by atomic mass is 35.5. The first-order valence-corrected chi connectivity index (χ1v) is 7.20. The first-order valence-electron chi connectivity index (χ1n) is 6.76. The number of hydrogen-bond donors (Lipinski definition) is 0. The van der Waals surface area contributed by atoms with E-state index in [0.29, 0.717) is 18.9 Å². The Balaban J connectivity index is 1.73. The number of piperidine rings is 1. The lowest BCUT2D eigenvalue weighted by atomic mass is 9.99. The minimum absolute atomic E-state index is 0.159. The molecule has 3 nitrogen and oxygen atoms in total. The van der Waals surface area contributed by atoms with E-state index in [0.717, 1.165) is 25.3 Å². The van der Waals surface area contributed by atoms with Crippen molar-refractivity contribution in [3.05, 3.63) is 30.3 Å². The average Bonchev–Trinajstić information content (AvgIpc) is 2.43. The van der Waals surface area contributed by atoms with Crippen LogP contribution in [0.5, 0.6) is 5.75 Å². The summed E-state index contributed by atoms with van der Waals surface area (Å²) in [4.78, 5) is 13.9. The van der Waals surface area contributed by atoms with Crippen molar-refractivity contribution >= 4 is 17.5 Å². The number of ether oxygens (including phenoxy) is 1. The molecule has 2 atom stereocenters. The van der Waals surface area contributed by atoms with Gasteiger partial charge in [-0.1, -0.05) is 25.1 Å². The third kappa shape index (κ3) is 4.13. The number of nitrogens with zero attached hydrogens (tertiary/aromatic N) is 1. The normalized spacial score (nSPS) is 23.2. The molecule has 0 aliphatic carbocycles. The quantitative estimate of drug-likeness (QED) is 0.794. The highest BCUT2D eigenvalue weighted by molar-refractivity contribution is 6.20. The Labute approximate surface area is 119 Å². The molecule has 1 aliphatic heterocycles. The third-order valence-corrected chi connectivity index (χ3v) is 4.13. The number of amides is 1. The highest BCUT2D eigenvalue weighted by Crippen LogP contribution is 2.22. The first kappa shape index (κ1) is 14.2. The van der Waals surface area contributed by atoms with Crippen LogP contribution in [0.1, 0.15) is 19.8 Å². The Bertz CT molecular complexity index is 410. The van der Waals surface area contributed by atoms with Crippen molar-refractivity contribution in [2.24, 2.45) is 5.92 Å². The Hall–Kier alpha value is -1.22. The van der Waals surface area contributed by atoms with Crippen LogP contribution < -0.4 is 4.74 Å². The summed E-state index contributed by atoms with van der Waals surface area (Å²) in [7, 11) is 0. The fraction of sp³-hybridized carbons (Fsp3) is 0.533. The van der Waals surface area contributed by atoms with Gasteiger partial charge < -0.3 is 9.64 Å². The number of carbonyl (C=O) groups is 1. The predicted molar refractivity (Wildman–Crippen MR) is 76.6 cm³/mol. The van der Waals surface area contributed by atoms with Crippen molar-refractivity contribution in [3.63, 3.8) is 0 Å². The zero-order chi connectivity index (χ0) is 13.7. The van der Waals surface area contributed by atoms with Crippen LogP contribution in [0.3, 0.4) is 0 Å². The molecule has 19 heavy (non-hydrogen) atoms. The summed E-state index contributed by atoms with van der Waals surface area (Å²) in [5.74, 6) is 1.34. The standard InChI is InChI=1S/C15H20ClNO2/c1-12-11-17(9-7-14(12)16)15(18)8-10-19-13-5-3-2-4-6-13/h2-6,12,14H,7-11H2,1H3. The van der Waals surface area contributed by atoms with Crippen LogP contribution in [0.25, 0.3) is 0 Å². The van der Waals surface area contributed by atoms with Gasteiger partial charge in [0.25, 0.3) is 0 Å². The van der Waals surface area contributed by atoms with Crippen LogP contribution in [-0.2, 0) is 4.79 Å². The lowest BCUT2D eigenvalue weighted by molar-refractivity contribution is -0.133. The van der Waals surface area contributed by atoms with Gasteiger partial charge in [-0.15, -0.1) is 11.6 Å². The maximum atomic E-state index is 12.0. The van der Waals surface area contributed by atoms with Gasteiger partial charge in [-0.05, 0) is 24.5 Å². The summed E-state index contributed by atoms with van der Waals surface area (Å²) in [5.41, 5.74) is 0. The number of hydrogen-bond acceptors (Lipinski definition) is 2. The van der Waals surface area contributed by atoms with Gasteiger partial charge in [-0.3, -0.25) is 4.79 Å². The molecule has 0 aromatic heterocycles. The van der Waals surface area contributed by atoms with Crippen molar-refractivity contribution in [1.29, 1.82) is 0 Å². The molecule has 2 rings (SSSR count). The number of halogens is 1. The maximum absolute atomic E-state index is 12.0. The summed E-state index contributed by atoms with van der Waals surface area (Å²) in [6, 6.07) is 9.57. The Kier molecular flexibility index (Phi) is 5.08. The zero-order valence-corrected chi connectivity index (χ0v) is 12.0. The molecule has 1 amide bonds. The fourth-order valence-electron chi connectivity index (χ4n) is 2.27. The number of para-hydroxylation sites is 1. The zero-order valence-electron chi connectivity index (χ0n) is 11.2. The molecule has 1 aromatic carbocycles. The molecule has 1 aromatic rings. The van der Waals surface area contributed by atoms with Crippen LogP contribution in [0, 0.1) is 5.92 Å². The van der Waals surface area contributed by atoms with Gasteiger partial charge in [0.05, 0.1) is 13.0 Å². The Morgan fingerprint density at radius 3 is 2.84 bits per heavy atom. The number of likely N-dealkylation sites (tertiary alicyclic amines) is 1. The summed E-state index contributed by atoms with van der Waals surface area (Å²) in [5, 5.41) is 0.199. The molecule has 1 fully saturated rings. The summed E-state index contributed by atoms with van der Waals surface area (Å²) in [6.45, 7) is 4.05. The molecule has 1 aliphatic rings. The Morgan fingerprint density at radius 2 is 2.16 bits per heavy atom. The summed E-state index contributed by atoms with van der Waals surface area (Å²) >= 11 is 6.16. The molecule has 0 bridgehead atoms. The van der Waals surface area contributed by atoms with Gasteiger partial charge in [-0.25, -0.2) is 0 Å². The van der Waals surface area contributed by atoms with Crippen LogP contribution in [-0.4, -0.2) is 35.9 Å². The predicted octanol–water partition coefficient (Wildman–Crippen LogP) is 2.93. The van der Waals surface area contributed by atoms with Gasteiger partial charge in [0, 0.05) is 18.5 Å². The van der Waals surface area contributed by atoms with Crippen molar-refractivity contribution in [2.75, 3.05) is 19.7 Å². The number of rotatable bonds is 4. The molecular weight excluding hydrogens is 262 g/mol. The van der Waals surface area contributed by atoms with Crippen LogP contribution in [0.4, 0.5) is 0 Å². The summed E-state index contributed by atoms with van der Waals surface area (Å²) in [6.07, 6.45) is 1.31. The van der Waals surface area contributed by atoms with E-state index in [9.17, 15) is 4.79 Å². The Morgan fingerprint density at radius 1 is 1.42 bits per heavy atom. The fourth-order valence-corrected chi connectivity index (χ4v) is 2.45. The van der Waals surface area contributed by atoms with Gasteiger partial charge in [-0.2, -0.15) is 0 Å². The van der Waals surface area contributed by atoms with Gasteiger partial charge in [0.1, 0.15) is 5.75 Å². The minimum Gasteiger partial charge on any atom is -0.493 e. The maximum Gasteiger partial charge on any atom is 0.226 e. The van der Waals surface area contributed by atoms with Gasteiger partial charge in [0.2, 0.25) is 5.91 Å². The second kappa shape index (κ2) is 6.80. The van der Waals surface area contributed by atoms with E-state index in [2.05, 4.69) is 6.92 Å². The second-order valence-corrected chi connectivity index (χ2v) is 5.59. The van der Waals surface area contributed by atoms with Crippen molar-refractivity contribution in [2.45, 2.75) is 25.1 Å². The second-order valence-electron chi connectivity index (χ2n) is 5.03. The minimum atomic E-state index is 0.159. The largest absolute Gasteiger partial charge is 0.493 e. The average molecular weight is 282 g/mol. The van der Waals surface area contributed by atoms with Crippen molar-refractivity contribution in [3.8, 4) is 5.75 Å².